The zero-order valence-corrected chi connectivity index (χ0v) is 9.38. The summed E-state index contributed by atoms with van der Waals surface area (Å²) in [6, 6.07) is 8.01. The van der Waals surface area contributed by atoms with E-state index in [-0.39, 0.29) is 5.95 Å². The fourth-order valence-electron chi connectivity index (χ4n) is 1.55. The van der Waals surface area contributed by atoms with Crippen molar-refractivity contribution in [3.05, 3.63) is 29.8 Å². The van der Waals surface area contributed by atoms with Crippen LogP contribution in [-0.2, 0) is 0 Å². The Kier molecular flexibility index (Phi) is 2.52. The lowest BCUT2D eigenvalue weighted by Gasteiger charge is -2.08. The van der Waals surface area contributed by atoms with Crippen LogP contribution in [0.25, 0.3) is 5.69 Å². The molecule has 0 spiro atoms. The Hall–Kier alpha value is -2.04. The van der Waals surface area contributed by atoms with E-state index in [1.807, 2.05) is 18.2 Å². The van der Waals surface area contributed by atoms with Crippen molar-refractivity contribution in [1.29, 1.82) is 0 Å². The molecule has 0 saturated heterocycles. The number of hydrogen-bond donors (Lipinski definition) is 2. The van der Waals surface area contributed by atoms with Crippen LogP contribution in [0.15, 0.2) is 24.3 Å². The monoisotopic (exact) mass is 217 g/mol. The van der Waals surface area contributed by atoms with Gasteiger partial charge >= 0.3 is 0 Å². The second kappa shape index (κ2) is 3.84. The molecule has 1 aromatic carbocycles. The number of nitrogen functional groups attached to an aromatic ring is 2. The molecule has 0 aliphatic carbocycles. The molecule has 16 heavy (non-hydrogen) atoms. The molecule has 5 nitrogen and oxygen atoms in total. The molecule has 0 atom stereocenters. The Morgan fingerprint density at radius 2 is 2.00 bits per heavy atom. The van der Waals surface area contributed by atoms with Gasteiger partial charge in [-0.05, 0) is 23.6 Å². The van der Waals surface area contributed by atoms with E-state index in [0.29, 0.717) is 11.9 Å². The first-order valence-electron chi connectivity index (χ1n) is 5.16. The lowest BCUT2D eigenvalue weighted by molar-refractivity contribution is 0.849. The highest BCUT2D eigenvalue weighted by Crippen LogP contribution is 2.19. The van der Waals surface area contributed by atoms with Crippen LogP contribution in [0.4, 0.5) is 11.9 Å². The van der Waals surface area contributed by atoms with E-state index < -0.39 is 0 Å². The van der Waals surface area contributed by atoms with Gasteiger partial charge in [0, 0.05) is 0 Å². The molecule has 0 saturated carbocycles. The van der Waals surface area contributed by atoms with Crippen LogP contribution in [0.3, 0.4) is 0 Å². The van der Waals surface area contributed by atoms with Gasteiger partial charge in [0.1, 0.15) is 0 Å². The number of aromatic nitrogens is 3. The average molecular weight is 217 g/mol. The van der Waals surface area contributed by atoms with Crippen LogP contribution in [0.1, 0.15) is 25.3 Å². The van der Waals surface area contributed by atoms with Gasteiger partial charge in [-0.2, -0.15) is 9.67 Å². The molecular weight excluding hydrogens is 202 g/mol. The zero-order valence-electron chi connectivity index (χ0n) is 9.38. The summed E-state index contributed by atoms with van der Waals surface area (Å²) < 4.78 is 1.54. The summed E-state index contributed by atoms with van der Waals surface area (Å²) in [6.45, 7) is 4.27. The lowest BCUT2D eigenvalue weighted by atomic mass is 10.0. The first-order valence-corrected chi connectivity index (χ1v) is 5.16. The van der Waals surface area contributed by atoms with Crippen molar-refractivity contribution in [2.45, 2.75) is 19.8 Å². The number of anilines is 2. The lowest BCUT2D eigenvalue weighted by Crippen LogP contribution is -2.03. The average Bonchev–Trinajstić information content (AvgIpc) is 2.58. The number of nitrogens with zero attached hydrogens (tertiary/aromatic N) is 3. The molecule has 84 valence electrons. The maximum atomic E-state index is 5.71. The van der Waals surface area contributed by atoms with Crippen LogP contribution in [-0.4, -0.2) is 14.8 Å². The molecule has 5 heteroatoms. The minimum absolute atomic E-state index is 0.187. The molecular formula is C11H15N5. The Morgan fingerprint density at radius 1 is 1.25 bits per heavy atom. The van der Waals surface area contributed by atoms with E-state index in [4.69, 9.17) is 11.5 Å². The smallest absolute Gasteiger partial charge is 0.241 e. The number of benzene rings is 1. The number of nitrogens with two attached hydrogens (primary N) is 2. The van der Waals surface area contributed by atoms with E-state index in [2.05, 4.69) is 30.0 Å². The topological polar surface area (TPSA) is 82.8 Å². The molecule has 2 rings (SSSR count). The highest BCUT2D eigenvalue weighted by atomic mass is 15.4. The summed E-state index contributed by atoms with van der Waals surface area (Å²) in [4.78, 5) is 3.87. The third-order valence-corrected chi connectivity index (χ3v) is 2.43. The highest BCUT2D eigenvalue weighted by Gasteiger charge is 2.07. The molecule has 0 radical (unpaired) electrons. The predicted octanol–water partition coefficient (Wildman–Crippen LogP) is 1.56. The molecule has 1 heterocycles. The van der Waals surface area contributed by atoms with Crippen molar-refractivity contribution in [2.24, 2.45) is 0 Å². The van der Waals surface area contributed by atoms with E-state index in [0.717, 1.165) is 5.69 Å². The van der Waals surface area contributed by atoms with Gasteiger partial charge in [-0.1, -0.05) is 26.0 Å². The fourth-order valence-corrected chi connectivity index (χ4v) is 1.55. The van der Waals surface area contributed by atoms with Crippen molar-refractivity contribution in [1.82, 2.24) is 14.8 Å². The quantitative estimate of drug-likeness (QED) is 0.799. The van der Waals surface area contributed by atoms with Gasteiger partial charge in [-0.3, -0.25) is 0 Å². The standard InChI is InChI=1S/C11H15N5/c1-7(2)8-4-3-5-9(6-8)16-11(13)14-10(12)15-16/h3-7H,1-2H3,(H4,12,13,14,15). The normalized spacial score (nSPS) is 10.9. The maximum Gasteiger partial charge on any atom is 0.241 e. The van der Waals surface area contributed by atoms with Gasteiger partial charge in [0.25, 0.3) is 0 Å². The molecule has 0 bridgehead atoms. The van der Waals surface area contributed by atoms with Crippen molar-refractivity contribution in [2.75, 3.05) is 11.5 Å². The summed E-state index contributed by atoms with van der Waals surface area (Å²) in [6.07, 6.45) is 0. The largest absolute Gasteiger partial charge is 0.368 e. The molecule has 4 N–H and O–H groups in total. The maximum absolute atomic E-state index is 5.71. The Balaban J connectivity index is 2.48. The van der Waals surface area contributed by atoms with Crippen molar-refractivity contribution < 1.29 is 0 Å². The molecule has 0 fully saturated rings. The van der Waals surface area contributed by atoms with Gasteiger partial charge in [0.05, 0.1) is 5.69 Å². The summed E-state index contributed by atoms with van der Waals surface area (Å²) in [5, 5.41) is 4.04. The van der Waals surface area contributed by atoms with E-state index in [1.165, 1.54) is 5.56 Å². The SMILES string of the molecule is CC(C)c1cccc(-n2nc(N)nc2N)c1. The molecule has 0 aliphatic rings. The van der Waals surface area contributed by atoms with Gasteiger partial charge in [-0.15, -0.1) is 5.10 Å². The summed E-state index contributed by atoms with van der Waals surface area (Å²) in [5.41, 5.74) is 13.3. The highest BCUT2D eigenvalue weighted by molar-refractivity contribution is 5.42. The summed E-state index contributed by atoms with van der Waals surface area (Å²) >= 11 is 0. The van der Waals surface area contributed by atoms with E-state index >= 15 is 0 Å². The van der Waals surface area contributed by atoms with Crippen LogP contribution < -0.4 is 11.5 Å². The first kappa shape index (κ1) is 10.5. The molecule has 0 amide bonds. The Bertz CT molecular complexity index is 501. The van der Waals surface area contributed by atoms with Gasteiger partial charge in [0.15, 0.2) is 0 Å². The summed E-state index contributed by atoms with van der Waals surface area (Å²) in [7, 11) is 0. The molecule has 0 unspecified atom stereocenters. The number of rotatable bonds is 2. The zero-order chi connectivity index (χ0) is 11.7. The van der Waals surface area contributed by atoms with Gasteiger partial charge in [-0.25, -0.2) is 0 Å². The van der Waals surface area contributed by atoms with E-state index in [9.17, 15) is 0 Å². The second-order valence-electron chi connectivity index (χ2n) is 3.99. The van der Waals surface area contributed by atoms with Crippen molar-refractivity contribution in [3.8, 4) is 5.69 Å². The minimum atomic E-state index is 0.187. The van der Waals surface area contributed by atoms with Crippen LogP contribution >= 0.6 is 0 Å². The second-order valence-corrected chi connectivity index (χ2v) is 3.99. The Labute approximate surface area is 94.1 Å². The molecule has 2 aromatic rings. The van der Waals surface area contributed by atoms with Crippen LogP contribution in [0, 0.1) is 0 Å². The van der Waals surface area contributed by atoms with Crippen LogP contribution in [0.5, 0.6) is 0 Å². The van der Waals surface area contributed by atoms with E-state index in [1.54, 1.807) is 4.68 Å². The third kappa shape index (κ3) is 1.84. The Morgan fingerprint density at radius 3 is 2.56 bits per heavy atom. The predicted molar refractivity (Wildman–Crippen MR) is 64.3 cm³/mol. The third-order valence-electron chi connectivity index (χ3n) is 2.43. The fraction of sp³-hybridized carbons (Fsp3) is 0.273. The molecule has 1 aromatic heterocycles. The minimum Gasteiger partial charge on any atom is -0.368 e. The van der Waals surface area contributed by atoms with Gasteiger partial charge < -0.3 is 11.5 Å². The number of hydrogen-bond acceptors (Lipinski definition) is 4. The van der Waals surface area contributed by atoms with Crippen LogP contribution in [0.2, 0.25) is 0 Å². The summed E-state index contributed by atoms with van der Waals surface area (Å²) in [5.74, 6) is 0.952. The molecule has 0 aliphatic heterocycles. The first-order chi connectivity index (χ1) is 7.58. The van der Waals surface area contributed by atoms with Crippen molar-refractivity contribution >= 4 is 11.9 Å². The van der Waals surface area contributed by atoms with Gasteiger partial charge in [0.2, 0.25) is 11.9 Å². The van der Waals surface area contributed by atoms with Crippen molar-refractivity contribution in [3.63, 3.8) is 0 Å².